The predicted octanol–water partition coefficient (Wildman–Crippen LogP) is 16.9. The number of nitrogens with zero attached hydrogens (tertiary/aromatic N) is 2. The van der Waals surface area contributed by atoms with Gasteiger partial charge in [0.05, 0.1) is 10.9 Å². The third-order valence-electron chi connectivity index (χ3n) is 16.5. The molecule has 0 spiro atoms. The van der Waals surface area contributed by atoms with Crippen LogP contribution in [0.15, 0.2) is 250 Å². The molecule has 11 aromatic rings. The van der Waals surface area contributed by atoms with Crippen molar-refractivity contribution in [2.75, 3.05) is 4.90 Å². The van der Waals surface area contributed by atoms with Crippen LogP contribution in [-0.2, 0) is 18.3 Å². The van der Waals surface area contributed by atoms with E-state index in [4.69, 9.17) is 0 Å². The Morgan fingerprint density at radius 3 is 1.73 bits per heavy atom. The zero-order valence-corrected chi connectivity index (χ0v) is 41.8. The standard InChI is InChI=1S/C73H54N2/c1-3-49-19-33-60(34-20-49)73(59-15-9-6-10-16-59)69-18-12-11-17-65(69)66-42-41-64(48-70(66)73)74(61-37-27-52(28-38-61)51-13-7-5-8-14-51)62-39-29-54(30-40-62)57-31-43-71-67(46-57)68-47-58(56-26-24-53-23-25-55(53)45-56)32-44-72(68)75(71)63-35-21-50(4-2)22-36-63/h3-22,24,26-31,33-48,58H,1-2,23,25,32H2. The second-order valence-electron chi connectivity index (χ2n) is 20.4. The molecule has 3 aliphatic rings. The van der Waals surface area contributed by atoms with Gasteiger partial charge in [-0.2, -0.15) is 0 Å². The van der Waals surface area contributed by atoms with Gasteiger partial charge in [0.15, 0.2) is 0 Å². The van der Waals surface area contributed by atoms with Crippen LogP contribution in [-0.4, -0.2) is 4.57 Å². The van der Waals surface area contributed by atoms with Gasteiger partial charge in [0.2, 0.25) is 0 Å². The highest BCUT2D eigenvalue weighted by Gasteiger charge is 2.46. The molecule has 0 aliphatic heterocycles. The van der Waals surface area contributed by atoms with Crippen LogP contribution in [0.4, 0.5) is 17.1 Å². The fourth-order valence-corrected chi connectivity index (χ4v) is 12.6. The summed E-state index contributed by atoms with van der Waals surface area (Å²) in [6, 6.07) is 88.1. The Labute approximate surface area is 439 Å². The summed E-state index contributed by atoms with van der Waals surface area (Å²) in [6.07, 6.45) is 12.2. The summed E-state index contributed by atoms with van der Waals surface area (Å²) >= 11 is 0. The predicted molar refractivity (Wildman–Crippen MR) is 316 cm³/mol. The average molecular weight is 959 g/mol. The van der Waals surface area contributed by atoms with E-state index in [1.807, 2.05) is 12.2 Å². The molecule has 0 saturated heterocycles. The maximum absolute atomic E-state index is 4.09. The molecule has 14 rings (SSSR count). The fraction of sp³-hybridized carbons (Fsp3) is 0.0685. The Bertz CT molecular complexity index is 4140. The van der Waals surface area contributed by atoms with E-state index in [2.05, 4.69) is 271 Å². The van der Waals surface area contributed by atoms with Crippen molar-refractivity contribution in [2.45, 2.75) is 30.6 Å². The van der Waals surface area contributed by atoms with Gasteiger partial charge in [-0.15, -0.1) is 0 Å². The molecule has 0 bridgehead atoms. The minimum absolute atomic E-state index is 0.324. The Morgan fingerprint density at radius 2 is 1.05 bits per heavy atom. The Morgan fingerprint density at radius 1 is 0.467 bits per heavy atom. The maximum Gasteiger partial charge on any atom is 0.0714 e. The summed E-state index contributed by atoms with van der Waals surface area (Å²) < 4.78 is 2.45. The smallest absolute Gasteiger partial charge is 0.0714 e. The van der Waals surface area contributed by atoms with Crippen molar-refractivity contribution in [3.8, 4) is 39.1 Å². The second-order valence-corrected chi connectivity index (χ2v) is 20.4. The number of aryl methyl sites for hydroxylation is 2. The van der Waals surface area contributed by atoms with Gasteiger partial charge in [0.1, 0.15) is 0 Å². The Kier molecular flexibility index (Phi) is 10.7. The topological polar surface area (TPSA) is 8.17 Å². The molecule has 75 heavy (non-hydrogen) atoms. The van der Waals surface area contributed by atoms with Crippen LogP contribution >= 0.6 is 0 Å². The van der Waals surface area contributed by atoms with Gasteiger partial charge in [0, 0.05) is 44.6 Å². The summed E-state index contributed by atoms with van der Waals surface area (Å²) in [6.45, 7) is 8.11. The Balaban J connectivity index is 0.912. The number of anilines is 3. The highest BCUT2D eigenvalue weighted by molar-refractivity contribution is 5.92. The molecule has 0 N–H and O–H groups in total. The van der Waals surface area contributed by atoms with Gasteiger partial charge in [-0.05, 0) is 163 Å². The lowest BCUT2D eigenvalue weighted by Gasteiger charge is -2.35. The normalized spacial score (nSPS) is 15.8. The maximum atomic E-state index is 4.09. The first-order valence-corrected chi connectivity index (χ1v) is 26.4. The van der Waals surface area contributed by atoms with Crippen molar-refractivity contribution >= 4 is 52.3 Å². The van der Waals surface area contributed by atoms with Crippen molar-refractivity contribution in [1.82, 2.24) is 4.57 Å². The van der Waals surface area contributed by atoms with E-state index in [0.29, 0.717) is 5.92 Å². The lowest BCUT2D eigenvalue weighted by atomic mass is 9.67. The monoisotopic (exact) mass is 958 g/mol. The SMILES string of the molecule is C=Cc1ccc(-n2c3c(c4cc(-c5ccc(N(c6ccc(-c7ccccc7)cc6)c6ccc7c(c6)C(c6ccccc6)(c6ccc(C=C)cc6)c6ccccc6-7)cc5)ccc42)=CC(c2ccc4c(c2)CC4)CC=3)cc1. The summed E-state index contributed by atoms with van der Waals surface area (Å²) in [7, 11) is 0. The number of aromatic nitrogens is 1. The molecule has 0 fully saturated rings. The van der Waals surface area contributed by atoms with E-state index in [1.54, 1.807) is 0 Å². The van der Waals surface area contributed by atoms with Gasteiger partial charge in [-0.25, -0.2) is 0 Å². The third kappa shape index (κ3) is 7.31. The van der Waals surface area contributed by atoms with Crippen molar-refractivity contribution in [1.29, 1.82) is 0 Å². The van der Waals surface area contributed by atoms with Crippen LogP contribution < -0.4 is 15.5 Å². The second kappa shape index (κ2) is 18.1. The molecule has 0 radical (unpaired) electrons. The van der Waals surface area contributed by atoms with Gasteiger partial charge in [0.25, 0.3) is 0 Å². The van der Waals surface area contributed by atoms with Gasteiger partial charge >= 0.3 is 0 Å². The molecule has 2 heteroatoms. The summed E-state index contributed by atoms with van der Waals surface area (Å²) in [5, 5.41) is 3.84. The lowest BCUT2D eigenvalue weighted by molar-refractivity contribution is 0.768. The third-order valence-corrected chi connectivity index (χ3v) is 16.5. The van der Waals surface area contributed by atoms with Crippen molar-refractivity contribution in [3.63, 3.8) is 0 Å². The molecule has 2 atom stereocenters. The first-order valence-electron chi connectivity index (χ1n) is 26.4. The van der Waals surface area contributed by atoms with E-state index in [9.17, 15) is 0 Å². The highest BCUT2D eigenvalue weighted by atomic mass is 15.1. The van der Waals surface area contributed by atoms with Gasteiger partial charge in [-0.1, -0.05) is 213 Å². The fourth-order valence-electron chi connectivity index (χ4n) is 12.6. The number of hydrogen-bond donors (Lipinski definition) is 0. The van der Waals surface area contributed by atoms with E-state index in [1.165, 1.54) is 107 Å². The molecule has 0 saturated carbocycles. The number of hydrogen-bond acceptors (Lipinski definition) is 1. The van der Waals surface area contributed by atoms with Gasteiger partial charge in [-0.3, -0.25) is 0 Å². The van der Waals surface area contributed by atoms with Crippen LogP contribution in [0, 0.1) is 0 Å². The molecule has 2 nitrogen and oxygen atoms in total. The molecule has 0 amide bonds. The Hall–Kier alpha value is -9.24. The molecule has 1 heterocycles. The molecule has 10 aromatic carbocycles. The van der Waals surface area contributed by atoms with E-state index >= 15 is 0 Å². The number of benzene rings is 10. The average Bonchev–Trinajstić information content (AvgIpc) is 4.08. The van der Waals surface area contributed by atoms with Crippen molar-refractivity contribution < 1.29 is 0 Å². The van der Waals surface area contributed by atoms with Crippen LogP contribution in [0.25, 0.3) is 74.3 Å². The molecule has 2 unspecified atom stereocenters. The van der Waals surface area contributed by atoms with E-state index < -0.39 is 5.41 Å². The summed E-state index contributed by atoms with van der Waals surface area (Å²) in [5.74, 6) is 0.324. The van der Waals surface area contributed by atoms with Crippen molar-refractivity contribution in [3.05, 3.63) is 310 Å². The van der Waals surface area contributed by atoms with Crippen molar-refractivity contribution in [2.24, 2.45) is 0 Å². The molecular weight excluding hydrogens is 905 g/mol. The van der Waals surface area contributed by atoms with Crippen LogP contribution in [0.5, 0.6) is 0 Å². The largest absolute Gasteiger partial charge is 0.310 e. The minimum atomic E-state index is -0.557. The number of fused-ring (bicyclic) bond motifs is 7. The molecule has 3 aliphatic carbocycles. The lowest BCUT2D eigenvalue weighted by Crippen LogP contribution is -2.31. The summed E-state index contributed by atoms with van der Waals surface area (Å²) in [5.41, 5.74) is 24.0. The summed E-state index contributed by atoms with van der Waals surface area (Å²) in [4.78, 5) is 2.43. The molecule has 1 aromatic heterocycles. The van der Waals surface area contributed by atoms with E-state index in [0.717, 1.165) is 40.3 Å². The molecule has 356 valence electrons. The first kappa shape index (κ1) is 44.5. The van der Waals surface area contributed by atoms with Crippen LogP contribution in [0.3, 0.4) is 0 Å². The number of rotatable bonds is 11. The quantitative estimate of drug-likeness (QED) is 0.125. The minimum Gasteiger partial charge on any atom is -0.310 e. The van der Waals surface area contributed by atoms with E-state index in [-0.39, 0.29) is 0 Å². The van der Waals surface area contributed by atoms with Crippen LogP contribution in [0.1, 0.15) is 62.4 Å². The zero-order valence-electron chi connectivity index (χ0n) is 41.8. The van der Waals surface area contributed by atoms with Gasteiger partial charge < -0.3 is 9.47 Å². The molecular formula is C73H54N2. The highest BCUT2D eigenvalue weighted by Crippen LogP contribution is 2.57. The first-order chi connectivity index (χ1) is 37.0. The van der Waals surface area contributed by atoms with Crippen LogP contribution in [0.2, 0.25) is 0 Å². The zero-order chi connectivity index (χ0) is 50.0.